The minimum absolute atomic E-state index is 0.500. The van der Waals surface area contributed by atoms with Crippen molar-refractivity contribution in [3.63, 3.8) is 0 Å². The van der Waals surface area contributed by atoms with E-state index in [1.54, 1.807) is 0 Å². The molecule has 1 radical (unpaired) electrons. The molecule has 0 saturated carbocycles. The topological polar surface area (TPSA) is 6.48 Å². The van der Waals surface area contributed by atoms with Crippen LogP contribution in [-0.4, -0.2) is 11.0 Å². The fraction of sp³-hybridized carbons (Fsp3) is 0.0175. The van der Waals surface area contributed by atoms with Crippen molar-refractivity contribution < 1.29 is 0 Å². The lowest BCUT2D eigenvalue weighted by Crippen LogP contribution is -2.29. The van der Waals surface area contributed by atoms with Crippen molar-refractivity contribution in [2.24, 2.45) is 0 Å². The molecule has 283 valence electrons. The number of fused-ring (bicyclic) bond motifs is 8. The lowest BCUT2D eigenvalue weighted by molar-refractivity contribution is 0.776. The highest BCUT2D eigenvalue weighted by atomic mass is 15.1. The average Bonchev–Trinajstić information content (AvgIpc) is 3.65. The highest BCUT2D eigenvalue weighted by Gasteiger charge is 2.48. The maximum absolute atomic E-state index is 5.75. The number of para-hydroxylation sites is 4. The molecule has 0 saturated heterocycles. The highest BCUT2D eigenvalue weighted by Crippen LogP contribution is 2.61. The maximum Gasteiger partial charge on any atom is 0.0720 e. The van der Waals surface area contributed by atoms with Crippen LogP contribution in [0.25, 0.3) is 32.7 Å². The average molecular weight is 768 g/mol. The fourth-order valence-corrected chi connectivity index (χ4v) is 9.67. The zero-order valence-electron chi connectivity index (χ0n) is 35.1. The summed E-state index contributed by atoms with van der Waals surface area (Å²) in [6.07, 6.45) is 0. The standard InChI is InChI=1S/C57H40N2.BH2/c1-7-21-41(22-8-1)57(42-23-9-2-10-24-42)54-40-48(59(45-29-15-5-16-30-45)46-31-17-6-18-32-46)36-38-52(54)55-50-34-20-19-33-49(50)53-39-47(35-37-51(53)56(55)57)58(43-25-11-3-12-26-43)44-27-13-4-14-28-44;/h1-40H;1H2/i;1D2. The molecule has 0 spiro atoms. The number of anilines is 6. The fourth-order valence-electron chi connectivity index (χ4n) is 9.67. The van der Waals surface area contributed by atoms with Gasteiger partial charge in [-0.05, 0) is 130 Å². The van der Waals surface area contributed by atoms with E-state index in [1.807, 2.05) is 0 Å². The predicted molar refractivity (Wildman–Crippen MR) is 257 cm³/mol. The Balaban J connectivity index is 0.00000149. The third-order valence-electron chi connectivity index (χ3n) is 12.0. The lowest BCUT2D eigenvalue weighted by atomic mass is 9.66. The van der Waals surface area contributed by atoms with E-state index in [9.17, 15) is 0 Å². The Kier molecular flexibility index (Phi) is 8.77. The third kappa shape index (κ3) is 5.81. The van der Waals surface area contributed by atoms with Crippen molar-refractivity contribution in [1.29, 1.82) is 2.67 Å². The molecule has 0 fully saturated rings. The van der Waals surface area contributed by atoms with Gasteiger partial charge < -0.3 is 9.80 Å². The van der Waals surface area contributed by atoms with Crippen LogP contribution in [0.3, 0.4) is 0 Å². The van der Waals surface area contributed by atoms with Gasteiger partial charge in [-0.1, -0.05) is 170 Å². The summed E-state index contributed by atoms with van der Waals surface area (Å²) in [6, 6.07) is 88.5. The molecule has 10 aromatic rings. The second kappa shape index (κ2) is 15.3. The predicted octanol–water partition coefficient (Wildman–Crippen LogP) is 14.4. The highest BCUT2D eigenvalue weighted by molar-refractivity contribution is 6.20. The Morgan fingerprint density at radius 1 is 0.333 bits per heavy atom. The Morgan fingerprint density at radius 2 is 0.717 bits per heavy atom. The van der Waals surface area contributed by atoms with E-state index in [0.717, 1.165) is 34.1 Å². The molecule has 0 aliphatic heterocycles. The Morgan fingerprint density at radius 3 is 1.18 bits per heavy atom. The lowest BCUT2D eigenvalue weighted by Gasteiger charge is -2.36. The van der Waals surface area contributed by atoms with E-state index in [4.69, 9.17) is 2.67 Å². The number of benzene rings is 10. The SMILES string of the molecule is [2H][B][2H].c1ccc(N(c2ccccc2)c2ccc3c(c2)C(c2ccccc2)(c2ccccc2)c2c-3c3ccccc3c3cc(N(c4ccccc4)c4ccccc4)ccc23)cc1. The molecule has 0 heterocycles. The van der Waals surface area contributed by atoms with Crippen molar-refractivity contribution in [3.8, 4) is 11.1 Å². The largest absolute Gasteiger partial charge is 0.310 e. The van der Waals surface area contributed by atoms with Crippen LogP contribution in [-0.2, 0) is 5.41 Å². The van der Waals surface area contributed by atoms with Crippen LogP contribution in [0.2, 0.25) is 0 Å². The van der Waals surface area contributed by atoms with Crippen molar-refractivity contribution in [2.75, 3.05) is 9.80 Å². The summed E-state index contributed by atoms with van der Waals surface area (Å²) < 4.78 is 11.5. The summed E-state index contributed by atoms with van der Waals surface area (Å²) in [4.78, 5) is 4.75. The molecule has 2 nitrogen and oxygen atoms in total. The molecule has 60 heavy (non-hydrogen) atoms. The first kappa shape index (κ1) is 34.4. The summed E-state index contributed by atoms with van der Waals surface area (Å²) in [5.74, 6) is 0. The zero-order valence-corrected chi connectivity index (χ0v) is 33.1. The second-order valence-electron chi connectivity index (χ2n) is 15.3. The summed E-state index contributed by atoms with van der Waals surface area (Å²) in [6.45, 7) is 0. The molecule has 0 unspecified atom stereocenters. The molecule has 0 bridgehead atoms. The van der Waals surface area contributed by atoms with Gasteiger partial charge in [0.05, 0.1) is 13.8 Å². The van der Waals surface area contributed by atoms with Gasteiger partial charge in [0.1, 0.15) is 0 Å². The van der Waals surface area contributed by atoms with Crippen molar-refractivity contribution >= 4 is 64.0 Å². The summed E-state index contributed by atoms with van der Waals surface area (Å²) >= 11 is 0. The van der Waals surface area contributed by atoms with E-state index in [2.05, 4.69) is 252 Å². The molecular formula is C57H42BN2. The summed E-state index contributed by atoms with van der Waals surface area (Å²) in [7, 11) is 0.500. The van der Waals surface area contributed by atoms with Crippen LogP contribution >= 0.6 is 0 Å². The maximum atomic E-state index is 5.75. The van der Waals surface area contributed by atoms with Gasteiger partial charge in [0, 0.05) is 34.1 Å². The minimum atomic E-state index is -0.634. The van der Waals surface area contributed by atoms with Gasteiger partial charge >= 0.3 is 0 Å². The molecule has 0 N–H and O–H groups in total. The normalized spacial score (nSPS) is 12.6. The second-order valence-corrected chi connectivity index (χ2v) is 15.3. The van der Waals surface area contributed by atoms with Crippen LogP contribution in [0.4, 0.5) is 34.1 Å². The Hall–Kier alpha value is -7.62. The Labute approximate surface area is 356 Å². The first-order valence-electron chi connectivity index (χ1n) is 21.5. The number of rotatable bonds is 8. The van der Waals surface area contributed by atoms with Gasteiger partial charge in [0.25, 0.3) is 0 Å². The minimum Gasteiger partial charge on any atom is -0.310 e. The van der Waals surface area contributed by atoms with Crippen LogP contribution < -0.4 is 9.80 Å². The molecule has 0 amide bonds. The first-order chi connectivity index (χ1) is 30.7. The van der Waals surface area contributed by atoms with Crippen LogP contribution in [0.15, 0.2) is 243 Å². The molecule has 1 aliphatic carbocycles. The van der Waals surface area contributed by atoms with E-state index in [-0.39, 0.29) is 0 Å². The quantitative estimate of drug-likeness (QED) is 0.112. The van der Waals surface area contributed by atoms with Crippen LogP contribution in [0, 0.1) is 0 Å². The zero-order chi connectivity index (χ0) is 41.9. The molecule has 0 atom stereocenters. The van der Waals surface area contributed by atoms with E-state index < -0.39 is 5.41 Å². The summed E-state index contributed by atoms with van der Waals surface area (Å²) in [5.41, 5.74) is 13.7. The number of nitrogens with zero attached hydrogens (tertiary/aromatic N) is 2. The smallest absolute Gasteiger partial charge is 0.0720 e. The molecular weight excluding hydrogens is 723 g/mol. The van der Waals surface area contributed by atoms with Crippen LogP contribution in [0.5, 0.6) is 0 Å². The van der Waals surface area contributed by atoms with E-state index >= 15 is 0 Å². The van der Waals surface area contributed by atoms with Gasteiger partial charge in [-0.2, -0.15) is 0 Å². The third-order valence-corrected chi connectivity index (χ3v) is 12.0. The molecule has 11 rings (SSSR count). The van der Waals surface area contributed by atoms with E-state index in [1.165, 1.54) is 54.9 Å². The van der Waals surface area contributed by atoms with Crippen LogP contribution in [0.1, 0.15) is 22.3 Å². The molecule has 10 aromatic carbocycles. The molecule has 0 aromatic heterocycles. The molecule has 3 heteroatoms. The van der Waals surface area contributed by atoms with Gasteiger partial charge in [-0.3, -0.25) is 0 Å². The number of hydrogen-bond donors (Lipinski definition) is 0. The van der Waals surface area contributed by atoms with Crippen molar-refractivity contribution in [3.05, 3.63) is 265 Å². The van der Waals surface area contributed by atoms with Gasteiger partial charge in [-0.25, -0.2) is 0 Å². The first-order valence-corrected chi connectivity index (χ1v) is 20.4. The van der Waals surface area contributed by atoms with Crippen molar-refractivity contribution in [2.45, 2.75) is 5.41 Å². The van der Waals surface area contributed by atoms with Gasteiger partial charge in [0.15, 0.2) is 0 Å². The summed E-state index contributed by atoms with van der Waals surface area (Å²) in [5, 5.41) is 4.97. The number of hydrogen-bond acceptors (Lipinski definition) is 2. The van der Waals surface area contributed by atoms with E-state index in [0.29, 0.717) is 8.34 Å². The monoisotopic (exact) mass is 767 g/mol. The molecule has 1 aliphatic rings. The van der Waals surface area contributed by atoms with Crippen molar-refractivity contribution in [1.82, 2.24) is 0 Å². The van der Waals surface area contributed by atoms with Gasteiger partial charge in [-0.15, -0.1) is 0 Å². The Bertz CT molecular complexity index is 3000. The van der Waals surface area contributed by atoms with Gasteiger partial charge in [0.2, 0.25) is 0 Å².